The summed E-state index contributed by atoms with van der Waals surface area (Å²) >= 11 is 0. The predicted molar refractivity (Wildman–Crippen MR) is 74.5 cm³/mol. The molecule has 1 saturated carbocycles. The summed E-state index contributed by atoms with van der Waals surface area (Å²) < 4.78 is 0. The number of nitrogens with one attached hydrogen (secondary N) is 1. The summed E-state index contributed by atoms with van der Waals surface area (Å²) in [5.41, 5.74) is 0. The Balaban J connectivity index is 1.78. The Morgan fingerprint density at radius 2 is 1.61 bits per heavy atom. The van der Waals surface area contributed by atoms with Crippen molar-refractivity contribution in [3.05, 3.63) is 0 Å². The molecule has 0 aromatic heterocycles. The Labute approximate surface area is 111 Å². The predicted octanol–water partition coefficient (Wildman–Crippen LogP) is 2.70. The highest BCUT2D eigenvalue weighted by Crippen LogP contribution is 2.22. The van der Waals surface area contributed by atoms with Crippen LogP contribution >= 0.6 is 0 Å². The number of rotatable bonds is 3. The van der Waals surface area contributed by atoms with E-state index in [-0.39, 0.29) is 5.91 Å². The van der Waals surface area contributed by atoms with Gasteiger partial charge in [-0.1, -0.05) is 25.7 Å². The standard InChI is InChI=1S/C15H28N2O/c1-12-7-6-8-13(2)17(12)11-15(18)16-14-9-4-3-5-10-14/h12-14H,3-11H2,1-2H3,(H,16,18). The Morgan fingerprint density at radius 3 is 2.22 bits per heavy atom. The van der Waals surface area contributed by atoms with Gasteiger partial charge in [-0.2, -0.15) is 0 Å². The monoisotopic (exact) mass is 252 g/mol. The smallest absolute Gasteiger partial charge is 0.234 e. The fraction of sp³-hybridized carbons (Fsp3) is 0.933. The number of piperidine rings is 1. The molecule has 0 aromatic carbocycles. The van der Waals surface area contributed by atoms with Crippen LogP contribution < -0.4 is 5.32 Å². The van der Waals surface area contributed by atoms with E-state index >= 15 is 0 Å². The Bertz CT molecular complexity index is 264. The minimum Gasteiger partial charge on any atom is -0.352 e. The molecule has 2 atom stereocenters. The van der Waals surface area contributed by atoms with Gasteiger partial charge in [0.25, 0.3) is 0 Å². The lowest BCUT2D eigenvalue weighted by Gasteiger charge is -2.38. The van der Waals surface area contributed by atoms with E-state index in [4.69, 9.17) is 0 Å². The first kappa shape index (κ1) is 13.9. The zero-order chi connectivity index (χ0) is 13.0. The third kappa shape index (κ3) is 3.71. The molecule has 1 amide bonds. The molecule has 104 valence electrons. The highest BCUT2D eigenvalue weighted by molar-refractivity contribution is 5.78. The summed E-state index contributed by atoms with van der Waals surface area (Å²) in [7, 11) is 0. The van der Waals surface area contributed by atoms with E-state index in [0.717, 1.165) is 0 Å². The molecule has 1 N–H and O–H groups in total. The Morgan fingerprint density at radius 1 is 1.00 bits per heavy atom. The first-order chi connectivity index (χ1) is 8.66. The van der Waals surface area contributed by atoms with Gasteiger partial charge in [0.1, 0.15) is 0 Å². The fourth-order valence-electron chi connectivity index (χ4n) is 3.47. The van der Waals surface area contributed by atoms with E-state index < -0.39 is 0 Å². The molecule has 0 aromatic rings. The number of hydrogen-bond acceptors (Lipinski definition) is 2. The minimum atomic E-state index is 0.238. The zero-order valence-electron chi connectivity index (χ0n) is 12.0. The molecule has 3 heteroatoms. The molecule has 1 aliphatic carbocycles. The van der Waals surface area contributed by atoms with Gasteiger partial charge in [0.2, 0.25) is 5.91 Å². The average Bonchev–Trinajstić information content (AvgIpc) is 2.35. The van der Waals surface area contributed by atoms with Crippen LogP contribution in [0.25, 0.3) is 0 Å². The van der Waals surface area contributed by atoms with Crippen molar-refractivity contribution in [2.75, 3.05) is 6.54 Å². The molecule has 3 nitrogen and oxygen atoms in total. The second-order valence-electron chi connectivity index (χ2n) is 6.20. The van der Waals surface area contributed by atoms with Crippen molar-refractivity contribution in [1.29, 1.82) is 0 Å². The van der Waals surface area contributed by atoms with Crippen molar-refractivity contribution < 1.29 is 4.79 Å². The van der Waals surface area contributed by atoms with Crippen molar-refractivity contribution in [2.45, 2.75) is 83.3 Å². The Kier molecular flexibility index (Phi) is 5.04. The van der Waals surface area contributed by atoms with Crippen LogP contribution in [0, 0.1) is 0 Å². The third-order valence-electron chi connectivity index (χ3n) is 4.67. The van der Waals surface area contributed by atoms with Crippen LogP contribution in [0.4, 0.5) is 0 Å². The molecule has 1 saturated heterocycles. The maximum atomic E-state index is 12.1. The summed E-state index contributed by atoms with van der Waals surface area (Å²) in [4.78, 5) is 14.5. The SMILES string of the molecule is CC1CCCC(C)N1CC(=O)NC1CCCCC1. The minimum absolute atomic E-state index is 0.238. The van der Waals surface area contributed by atoms with Crippen LogP contribution in [-0.2, 0) is 4.79 Å². The molecule has 18 heavy (non-hydrogen) atoms. The van der Waals surface area contributed by atoms with Crippen LogP contribution in [0.3, 0.4) is 0 Å². The van der Waals surface area contributed by atoms with Crippen LogP contribution in [0.5, 0.6) is 0 Å². The molecule has 1 aliphatic heterocycles. The van der Waals surface area contributed by atoms with Gasteiger partial charge in [0.05, 0.1) is 6.54 Å². The molecule has 2 rings (SSSR count). The molecule has 0 bridgehead atoms. The van der Waals surface area contributed by atoms with Gasteiger partial charge in [-0.25, -0.2) is 0 Å². The highest BCUT2D eigenvalue weighted by atomic mass is 16.2. The number of carbonyl (C=O) groups excluding carboxylic acids is 1. The maximum Gasteiger partial charge on any atom is 0.234 e. The van der Waals surface area contributed by atoms with Crippen LogP contribution in [0.1, 0.15) is 65.2 Å². The molecular formula is C15H28N2O. The van der Waals surface area contributed by atoms with Crippen molar-refractivity contribution in [3.63, 3.8) is 0 Å². The van der Waals surface area contributed by atoms with Gasteiger partial charge in [-0.15, -0.1) is 0 Å². The first-order valence-electron chi connectivity index (χ1n) is 7.72. The van der Waals surface area contributed by atoms with Crippen LogP contribution in [0.2, 0.25) is 0 Å². The second-order valence-corrected chi connectivity index (χ2v) is 6.20. The van der Waals surface area contributed by atoms with Gasteiger partial charge in [-0.05, 0) is 39.5 Å². The summed E-state index contributed by atoms with van der Waals surface area (Å²) in [6.45, 7) is 5.10. The number of likely N-dealkylation sites (tertiary alicyclic amines) is 1. The molecule has 2 aliphatic rings. The van der Waals surface area contributed by atoms with E-state index in [9.17, 15) is 4.79 Å². The highest BCUT2D eigenvalue weighted by Gasteiger charge is 2.27. The normalized spacial score (nSPS) is 31.2. The second kappa shape index (κ2) is 6.55. The largest absolute Gasteiger partial charge is 0.352 e. The van der Waals surface area contributed by atoms with E-state index in [1.54, 1.807) is 0 Å². The summed E-state index contributed by atoms with van der Waals surface area (Å²) in [6.07, 6.45) is 10.0. The van der Waals surface area contributed by atoms with Crippen molar-refractivity contribution in [2.24, 2.45) is 0 Å². The molecule has 1 heterocycles. The summed E-state index contributed by atoms with van der Waals surface area (Å²) in [6, 6.07) is 1.57. The fourth-order valence-corrected chi connectivity index (χ4v) is 3.47. The summed E-state index contributed by atoms with van der Waals surface area (Å²) in [5.74, 6) is 0.238. The van der Waals surface area contributed by atoms with E-state index in [0.29, 0.717) is 24.7 Å². The molecule has 2 fully saturated rings. The zero-order valence-corrected chi connectivity index (χ0v) is 12.0. The van der Waals surface area contributed by atoms with Crippen molar-refractivity contribution in [1.82, 2.24) is 10.2 Å². The average molecular weight is 252 g/mol. The van der Waals surface area contributed by atoms with E-state index in [2.05, 4.69) is 24.1 Å². The lowest BCUT2D eigenvalue weighted by Crippen LogP contribution is -2.50. The molecule has 2 unspecified atom stereocenters. The van der Waals surface area contributed by atoms with Crippen molar-refractivity contribution >= 4 is 5.91 Å². The van der Waals surface area contributed by atoms with Gasteiger partial charge in [-0.3, -0.25) is 9.69 Å². The van der Waals surface area contributed by atoms with Crippen LogP contribution in [0.15, 0.2) is 0 Å². The van der Waals surface area contributed by atoms with Crippen LogP contribution in [-0.4, -0.2) is 35.5 Å². The van der Waals surface area contributed by atoms with Gasteiger partial charge >= 0.3 is 0 Å². The molecule has 0 spiro atoms. The topological polar surface area (TPSA) is 32.3 Å². The maximum absolute atomic E-state index is 12.1. The number of hydrogen-bond donors (Lipinski definition) is 1. The van der Waals surface area contributed by atoms with Gasteiger partial charge in [0.15, 0.2) is 0 Å². The Hall–Kier alpha value is -0.570. The first-order valence-corrected chi connectivity index (χ1v) is 7.72. The number of nitrogens with zero attached hydrogens (tertiary/aromatic N) is 1. The number of carbonyl (C=O) groups is 1. The molecular weight excluding hydrogens is 224 g/mol. The third-order valence-corrected chi connectivity index (χ3v) is 4.67. The van der Waals surface area contributed by atoms with Crippen molar-refractivity contribution in [3.8, 4) is 0 Å². The van der Waals surface area contributed by atoms with Gasteiger partial charge in [0, 0.05) is 18.1 Å². The van der Waals surface area contributed by atoms with Gasteiger partial charge < -0.3 is 5.32 Å². The quantitative estimate of drug-likeness (QED) is 0.837. The number of amides is 1. The van der Waals surface area contributed by atoms with E-state index in [1.807, 2.05) is 0 Å². The summed E-state index contributed by atoms with van der Waals surface area (Å²) in [5, 5.41) is 3.23. The lowest BCUT2D eigenvalue weighted by molar-refractivity contribution is -0.124. The lowest BCUT2D eigenvalue weighted by atomic mass is 9.95. The van der Waals surface area contributed by atoms with E-state index in [1.165, 1.54) is 51.4 Å². The molecule has 0 radical (unpaired) electrons.